The van der Waals surface area contributed by atoms with Gasteiger partial charge in [-0.1, -0.05) is 18.2 Å². The van der Waals surface area contributed by atoms with E-state index in [-0.39, 0.29) is 11.0 Å². The summed E-state index contributed by atoms with van der Waals surface area (Å²) in [5.74, 6) is 16.1. The van der Waals surface area contributed by atoms with E-state index < -0.39 is 0 Å². The lowest BCUT2D eigenvalue weighted by Crippen LogP contribution is -2.55. The summed E-state index contributed by atoms with van der Waals surface area (Å²) < 4.78 is 6.64. The van der Waals surface area contributed by atoms with Crippen molar-refractivity contribution in [2.45, 2.75) is 18.4 Å². The van der Waals surface area contributed by atoms with E-state index in [1.54, 1.807) is 0 Å². The van der Waals surface area contributed by atoms with Crippen molar-refractivity contribution in [3.05, 3.63) is 30.3 Å². The van der Waals surface area contributed by atoms with Crippen LogP contribution in [0.5, 0.6) is 5.75 Å². The Kier molecular flexibility index (Phi) is 1.76. The third kappa shape index (κ3) is 0.938. The summed E-state index contributed by atoms with van der Waals surface area (Å²) in [4.78, 5) is 0. The fourth-order valence-electron chi connectivity index (χ4n) is 15.5. The standard InChI is InChI=1S/C27H28O2/c28-27-12-6-10-14-11-7-13(27)18-16(11)21-19(14)20-15(10)17(12)24-22(20)23(21)25(18)26(24,27)8-29-9-4-2-1-3-5-9/h1-5,10-25,28H,6-8H2. The number of hydrogen-bond donors (Lipinski definition) is 1. The van der Waals surface area contributed by atoms with E-state index in [2.05, 4.69) is 30.3 Å². The van der Waals surface area contributed by atoms with E-state index in [4.69, 9.17) is 4.74 Å². The number of benzene rings is 1. The van der Waals surface area contributed by atoms with Gasteiger partial charge in [-0.2, -0.15) is 0 Å². The molecule has 29 heavy (non-hydrogen) atoms. The van der Waals surface area contributed by atoms with E-state index in [0.717, 1.165) is 95.2 Å². The molecular weight excluding hydrogens is 356 g/mol. The number of fused-ring (bicyclic) bond motifs is 4. The highest BCUT2D eigenvalue weighted by molar-refractivity contribution is 5.46. The van der Waals surface area contributed by atoms with Crippen LogP contribution in [0.2, 0.25) is 0 Å². The molecule has 0 aromatic heterocycles. The zero-order valence-corrected chi connectivity index (χ0v) is 16.6. The predicted molar refractivity (Wildman–Crippen MR) is 104 cm³/mol. The number of rotatable bonds is 3. The Morgan fingerprint density at radius 1 is 0.724 bits per heavy atom. The van der Waals surface area contributed by atoms with Gasteiger partial charge in [0.2, 0.25) is 0 Å². The van der Waals surface area contributed by atoms with Crippen molar-refractivity contribution in [1.29, 1.82) is 0 Å². The van der Waals surface area contributed by atoms with Crippen LogP contribution in [0, 0.1) is 100 Å². The van der Waals surface area contributed by atoms with Crippen molar-refractivity contribution in [2.24, 2.45) is 100 Å². The number of ether oxygens (including phenoxy) is 1. The second-order valence-corrected chi connectivity index (χ2v) is 13.3. The zero-order valence-electron chi connectivity index (χ0n) is 16.6. The average molecular weight is 385 g/mol. The fourth-order valence-corrected chi connectivity index (χ4v) is 15.5. The molecule has 10 fully saturated rings. The molecule has 0 bridgehead atoms. The largest absolute Gasteiger partial charge is 0.493 e. The molecule has 10 aliphatic rings. The molecule has 0 heterocycles. The van der Waals surface area contributed by atoms with Crippen LogP contribution in [0.1, 0.15) is 12.8 Å². The third-order valence-electron chi connectivity index (χ3n) is 14.3. The smallest absolute Gasteiger partial charge is 0.119 e. The molecule has 0 aliphatic heterocycles. The first-order chi connectivity index (χ1) is 14.3. The van der Waals surface area contributed by atoms with Gasteiger partial charge in [0.25, 0.3) is 0 Å². The van der Waals surface area contributed by atoms with Crippen LogP contribution in [0.15, 0.2) is 30.3 Å². The van der Waals surface area contributed by atoms with Crippen LogP contribution in [-0.4, -0.2) is 17.3 Å². The molecule has 0 radical (unpaired) electrons. The first kappa shape index (κ1) is 14.1. The van der Waals surface area contributed by atoms with Gasteiger partial charge in [0.05, 0.1) is 12.2 Å². The van der Waals surface area contributed by atoms with Gasteiger partial charge in [-0.05, 0) is 120 Å². The Morgan fingerprint density at radius 3 is 1.93 bits per heavy atom. The molecule has 10 aliphatic carbocycles. The van der Waals surface area contributed by atoms with Crippen LogP contribution in [0.4, 0.5) is 0 Å². The number of aliphatic hydroxyl groups is 1. The molecule has 1 N–H and O–H groups in total. The normalized spacial score (nSPS) is 77.3. The van der Waals surface area contributed by atoms with E-state index in [0.29, 0.717) is 11.8 Å². The highest BCUT2D eigenvalue weighted by Gasteiger charge is 2.99. The molecular formula is C27H28O2. The molecule has 1 aromatic carbocycles. The van der Waals surface area contributed by atoms with E-state index in [1.165, 1.54) is 12.8 Å². The molecule has 0 spiro atoms. The van der Waals surface area contributed by atoms with Crippen molar-refractivity contribution in [1.82, 2.24) is 0 Å². The van der Waals surface area contributed by atoms with Crippen LogP contribution < -0.4 is 4.74 Å². The SMILES string of the molecule is OC12C3CC4C5C6CC1C1C6C6C5C5C4C3C3C5C6C1C32COc1ccccc1. The molecule has 14 atom stereocenters. The van der Waals surface area contributed by atoms with Crippen molar-refractivity contribution >= 4 is 0 Å². The molecule has 10 saturated carbocycles. The molecule has 1 aromatic rings. The summed E-state index contributed by atoms with van der Waals surface area (Å²) in [6.07, 6.45) is 2.80. The summed E-state index contributed by atoms with van der Waals surface area (Å²) in [6, 6.07) is 10.5. The second-order valence-electron chi connectivity index (χ2n) is 13.3. The minimum atomic E-state index is -0.384. The van der Waals surface area contributed by atoms with Crippen molar-refractivity contribution < 1.29 is 9.84 Å². The number of hydrogen-bond acceptors (Lipinski definition) is 2. The number of para-hydroxylation sites is 1. The predicted octanol–water partition coefficient (Wildman–Crippen LogP) is 3.56. The van der Waals surface area contributed by atoms with Crippen molar-refractivity contribution in [3.63, 3.8) is 0 Å². The lowest BCUT2D eigenvalue weighted by atomic mass is 9.61. The topological polar surface area (TPSA) is 29.5 Å². The van der Waals surface area contributed by atoms with Crippen molar-refractivity contribution in [2.75, 3.05) is 6.61 Å². The monoisotopic (exact) mass is 384 g/mol. The Hall–Kier alpha value is -1.02. The van der Waals surface area contributed by atoms with E-state index in [1.807, 2.05) is 0 Å². The van der Waals surface area contributed by atoms with Gasteiger partial charge in [-0.3, -0.25) is 0 Å². The van der Waals surface area contributed by atoms with Gasteiger partial charge in [0, 0.05) is 5.41 Å². The van der Waals surface area contributed by atoms with E-state index >= 15 is 0 Å². The van der Waals surface area contributed by atoms with E-state index in [9.17, 15) is 5.11 Å². The Labute approximate surface area is 171 Å². The van der Waals surface area contributed by atoms with Gasteiger partial charge in [0.15, 0.2) is 0 Å². The van der Waals surface area contributed by atoms with Gasteiger partial charge in [-0.25, -0.2) is 0 Å². The van der Waals surface area contributed by atoms with Crippen LogP contribution in [-0.2, 0) is 0 Å². The van der Waals surface area contributed by atoms with Crippen molar-refractivity contribution in [3.8, 4) is 5.75 Å². The second kappa shape index (κ2) is 3.61. The molecule has 11 rings (SSSR count). The average Bonchev–Trinajstić information content (AvgIpc) is 3.50. The Bertz CT molecular complexity index is 972. The first-order valence-electron chi connectivity index (χ1n) is 12.7. The maximum absolute atomic E-state index is 12.9. The molecule has 2 heteroatoms. The summed E-state index contributed by atoms with van der Waals surface area (Å²) in [5, 5.41) is 12.9. The summed E-state index contributed by atoms with van der Waals surface area (Å²) in [7, 11) is 0. The lowest BCUT2D eigenvalue weighted by molar-refractivity contribution is -0.144. The highest BCUT2D eigenvalue weighted by atomic mass is 16.5. The van der Waals surface area contributed by atoms with Crippen LogP contribution in [0.3, 0.4) is 0 Å². The third-order valence-corrected chi connectivity index (χ3v) is 14.3. The van der Waals surface area contributed by atoms with Gasteiger partial charge >= 0.3 is 0 Å². The van der Waals surface area contributed by atoms with Crippen LogP contribution in [0.25, 0.3) is 0 Å². The Balaban J connectivity index is 1.21. The minimum Gasteiger partial charge on any atom is -0.493 e. The van der Waals surface area contributed by atoms with Crippen LogP contribution >= 0.6 is 0 Å². The molecule has 14 unspecified atom stereocenters. The fraction of sp³-hybridized carbons (Fsp3) is 0.778. The lowest BCUT2D eigenvalue weighted by Gasteiger charge is -2.48. The maximum atomic E-state index is 12.9. The minimum absolute atomic E-state index is 0.105. The van der Waals surface area contributed by atoms with Gasteiger partial charge in [0.1, 0.15) is 5.75 Å². The van der Waals surface area contributed by atoms with Gasteiger partial charge in [-0.15, -0.1) is 0 Å². The molecule has 0 amide bonds. The highest BCUT2D eigenvalue weighted by Crippen LogP contribution is 2.99. The summed E-state index contributed by atoms with van der Waals surface area (Å²) >= 11 is 0. The van der Waals surface area contributed by atoms with Gasteiger partial charge < -0.3 is 9.84 Å². The zero-order chi connectivity index (χ0) is 18.2. The summed E-state index contributed by atoms with van der Waals surface area (Å²) in [5.41, 5.74) is -0.279. The quantitative estimate of drug-likeness (QED) is 0.864. The first-order valence-corrected chi connectivity index (χ1v) is 12.7. The molecule has 148 valence electrons. The maximum Gasteiger partial charge on any atom is 0.119 e. The molecule has 0 saturated heterocycles. The molecule has 2 nitrogen and oxygen atoms in total. The summed E-state index contributed by atoms with van der Waals surface area (Å²) in [6.45, 7) is 0.818. The Morgan fingerprint density at radius 2 is 1.31 bits per heavy atom.